The number of hydrogen-bond acceptors (Lipinski definition) is 2. The fourth-order valence-electron chi connectivity index (χ4n) is 1.94. The van der Waals surface area contributed by atoms with Crippen molar-refractivity contribution in [2.45, 2.75) is 52.6 Å². The highest BCUT2D eigenvalue weighted by molar-refractivity contribution is 5.78. The summed E-state index contributed by atoms with van der Waals surface area (Å²) >= 11 is 0. The van der Waals surface area contributed by atoms with E-state index >= 15 is 0 Å². The quantitative estimate of drug-likeness (QED) is 0.739. The van der Waals surface area contributed by atoms with Gasteiger partial charge in [-0.15, -0.1) is 0 Å². The minimum atomic E-state index is -0.367. The zero-order valence-electron chi connectivity index (χ0n) is 11.2. The Morgan fingerprint density at radius 2 is 2.18 bits per heavy atom. The molecule has 0 aliphatic heterocycles. The molecule has 0 spiro atoms. The monoisotopic (exact) mass is 239 g/mol. The van der Waals surface area contributed by atoms with Gasteiger partial charge in [0.25, 0.3) is 0 Å². The lowest BCUT2D eigenvalue weighted by molar-refractivity contribution is -0.125. The van der Waals surface area contributed by atoms with E-state index in [4.69, 9.17) is 0 Å². The molecule has 1 aliphatic rings. The van der Waals surface area contributed by atoms with E-state index in [9.17, 15) is 9.90 Å². The zero-order chi connectivity index (χ0) is 12.9. The van der Waals surface area contributed by atoms with Gasteiger partial charge in [-0.05, 0) is 31.1 Å². The molecule has 0 saturated carbocycles. The van der Waals surface area contributed by atoms with Crippen molar-refractivity contribution in [3.05, 3.63) is 12.2 Å². The third-order valence-electron chi connectivity index (χ3n) is 3.36. The molecule has 2 atom stereocenters. The largest absolute Gasteiger partial charge is 0.393 e. The van der Waals surface area contributed by atoms with E-state index in [2.05, 4.69) is 17.5 Å². The van der Waals surface area contributed by atoms with E-state index in [1.165, 1.54) is 0 Å². The van der Waals surface area contributed by atoms with Gasteiger partial charge in [0, 0.05) is 12.5 Å². The number of rotatable bonds is 4. The number of carbonyl (C=O) groups excluding carboxylic acids is 1. The van der Waals surface area contributed by atoms with Crippen LogP contribution in [-0.4, -0.2) is 23.7 Å². The Balaban J connectivity index is 2.22. The lowest BCUT2D eigenvalue weighted by Crippen LogP contribution is -2.35. The summed E-state index contributed by atoms with van der Waals surface area (Å²) in [4.78, 5) is 11.8. The van der Waals surface area contributed by atoms with Gasteiger partial charge in [-0.3, -0.25) is 4.79 Å². The van der Waals surface area contributed by atoms with Crippen molar-refractivity contribution in [3.8, 4) is 0 Å². The van der Waals surface area contributed by atoms with Gasteiger partial charge in [0.1, 0.15) is 0 Å². The highest BCUT2D eigenvalue weighted by Gasteiger charge is 2.23. The molecule has 1 rings (SSSR count). The second kappa shape index (κ2) is 6.20. The number of amides is 1. The van der Waals surface area contributed by atoms with Crippen LogP contribution in [0.3, 0.4) is 0 Å². The van der Waals surface area contributed by atoms with Crippen LogP contribution in [0.1, 0.15) is 46.5 Å². The third-order valence-corrected chi connectivity index (χ3v) is 3.36. The molecular formula is C14H25NO2. The van der Waals surface area contributed by atoms with Gasteiger partial charge in [-0.1, -0.05) is 32.9 Å². The molecular weight excluding hydrogens is 214 g/mol. The lowest BCUT2D eigenvalue weighted by atomic mass is 9.87. The number of aliphatic hydroxyl groups excluding tert-OH is 1. The Morgan fingerprint density at radius 1 is 1.47 bits per heavy atom. The standard InChI is InChI=1S/C14H25NO2/c1-14(2,3)12(16)9-10-15-13(17)11-7-5-4-6-8-11/h4-5,11-12,16H,6-10H2,1-3H3,(H,15,17)/t11-,12+/m0/s1. The Kier molecular flexibility index (Phi) is 5.19. The molecule has 2 N–H and O–H groups in total. The molecule has 0 aromatic heterocycles. The van der Waals surface area contributed by atoms with Gasteiger partial charge in [-0.2, -0.15) is 0 Å². The number of allylic oxidation sites excluding steroid dienone is 2. The fraction of sp³-hybridized carbons (Fsp3) is 0.786. The molecule has 3 heteroatoms. The van der Waals surface area contributed by atoms with Gasteiger partial charge >= 0.3 is 0 Å². The van der Waals surface area contributed by atoms with Crippen LogP contribution < -0.4 is 5.32 Å². The van der Waals surface area contributed by atoms with E-state index in [-0.39, 0.29) is 23.3 Å². The van der Waals surface area contributed by atoms with Crippen molar-refractivity contribution in [3.63, 3.8) is 0 Å². The third kappa shape index (κ3) is 4.90. The summed E-state index contributed by atoms with van der Waals surface area (Å²) in [6.45, 7) is 6.58. The smallest absolute Gasteiger partial charge is 0.223 e. The molecule has 1 amide bonds. The molecule has 0 saturated heterocycles. The Labute approximate surface area is 104 Å². The van der Waals surface area contributed by atoms with E-state index in [1.807, 2.05) is 20.8 Å². The second-order valence-corrected chi connectivity index (χ2v) is 5.94. The van der Waals surface area contributed by atoms with Crippen LogP contribution in [0.4, 0.5) is 0 Å². The summed E-state index contributed by atoms with van der Waals surface area (Å²) in [6, 6.07) is 0. The van der Waals surface area contributed by atoms with Crippen molar-refractivity contribution >= 4 is 5.91 Å². The van der Waals surface area contributed by atoms with Crippen molar-refractivity contribution in [2.75, 3.05) is 6.54 Å². The highest BCUT2D eigenvalue weighted by Crippen LogP contribution is 2.21. The second-order valence-electron chi connectivity index (χ2n) is 5.94. The average Bonchev–Trinajstić information content (AvgIpc) is 2.28. The summed E-state index contributed by atoms with van der Waals surface area (Å²) in [6.07, 6.45) is 7.28. The molecule has 0 radical (unpaired) electrons. The Morgan fingerprint density at radius 3 is 2.71 bits per heavy atom. The first-order chi connectivity index (χ1) is 7.91. The first-order valence-corrected chi connectivity index (χ1v) is 6.52. The van der Waals surface area contributed by atoms with Gasteiger partial charge in [0.15, 0.2) is 0 Å². The van der Waals surface area contributed by atoms with Gasteiger partial charge < -0.3 is 10.4 Å². The normalized spacial score (nSPS) is 22.2. The number of aliphatic hydroxyl groups is 1. The molecule has 0 unspecified atom stereocenters. The summed E-state index contributed by atoms with van der Waals surface area (Å²) in [7, 11) is 0. The zero-order valence-corrected chi connectivity index (χ0v) is 11.2. The van der Waals surface area contributed by atoms with Crippen molar-refractivity contribution in [1.82, 2.24) is 5.32 Å². The van der Waals surface area contributed by atoms with E-state index in [0.29, 0.717) is 13.0 Å². The molecule has 0 aromatic carbocycles. The maximum atomic E-state index is 11.8. The molecule has 0 heterocycles. The predicted octanol–water partition coefficient (Wildman–Crippen LogP) is 2.26. The summed E-state index contributed by atoms with van der Waals surface area (Å²) in [5.41, 5.74) is -0.113. The maximum absolute atomic E-state index is 11.8. The fourth-order valence-corrected chi connectivity index (χ4v) is 1.94. The van der Waals surface area contributed by atoms with E-state index in [1.54, 1.807) is 0 Å². The lowest BCUT2D eigenvalue weighted by Gasteiger charge is -2.26. The first-order valence-electron chi connectivity index (χ1n) is 6.52. The first kappa shape index (κ1) is 14.2. The molecule has 3 nitrogen and oxygen atoms in total. The van der Waals surface area contributed by atoms with Gasteiger partial charge in [0.05, 0.1) is 6.10 Å². The van der Waals surface area contributed by atoms with E-state index < -0.39 is 0 Å². The molecule has 17 heavy (non-hydrogen) atoms. The van der Waals surface area contributed by atoms with E-state index in [0.717, 1.165) is 19.3 Å². The molecule has 0 aromatic rings. The van der Waals surface area contributed by atoms with Crippen molar-refractivity contribution in [1.29, 1.82) is 0 Å². The number of carbonyl (C=O) groups is 1. The SMILES string of the molecule is CC(C)(C)[C@H](O)CCNC(=O)[C@H]1CC=CCC1. The van der Waals surface area contributed by atoms with Crippen LogP contribution in [0.5, 0.6) is 0 Å². The molecule has 1 aliphatic carbocycles. The van der Waals surface area contributed by atoms with Crippen LogP contribution in [-0.2, 0) is 4.79 Å². The molecule has 0 bridgehead atoms. The highest BCUT2D eigenvalue weighted by atomic mass is 16.3. The van der Waals surface area contributed by atoms with Gasteiger partial charge in [0.2, 0.25) is 5.91 Å². The Hall–Kier alpha value is -0.830. The topological polar surface area (TPSA) is 49.3 Å². The van der Waals surface area contributed by atoms with Crippen LogP contribution in [0.25, 0.3) is 0 Å². The van der Waals surface area contributed by atoms with Crippen LogP contribution in [0.15, 0.2) is 12.2 Å². The molecule has 98 valence electrons. The maximum Gasteiger partial charge on any atom is 0.223 e. The summed E-state index contributed by atoms with van der Waals surface area (Å²) < 4.78 is 0. The summed E-state index contributed by atoms with van der Waals surface area (Å²) in [5.74, 6) is 0.266. The Bertz CT molecular complexity index is 278. The van der Waals surface area contributed by atoms with Crippen LogP contribution in [0, 0.1) is 11.3 Å². The number of nitrogens with one attached hydrogen (secondary N) is 1. The van der Waals surface area contributed by atoms with Crippen molar-refractivity contribution in [2.24, 2.45) is 11.3 Å². The summed E-state index contributed by atoms with van der Waals surface area (Å²) in [5, 5.41) is 12.8. The van der Waals surface area contributed by atoms with Crippen LogP contribution in [0.2, 0.25) is 0 Å². The van der Waals surface area contributed by atoms with Crippen LogP contribution >= 0.6 is 0 Å². The minimum absolute atomic E-state index is 0.113. The number of hydrogen-bond donors (Lipinski definition) is 2. The average molecular weight is 239 g/mol. The van der Waals surface area contributed by atoms with Crippen molar-refractivity contribution < 1.29 is 9.90 Å². The predicted molar refractivity (Wildman–Crippen MR) is 69.6 cm³/mol. The molecule has 0 fully saturated rings. The minimum Gasteiger partial charge on any atom is -0.393 e. The van der Waals surface area contributed by atoms with Gasteiger partial charge in [-0.25, -0.2) is 0 Å².